The van der Waals surface area contributed by atoms with E-state index in [9.17, 15) is 62.6 Å². The van der Waals surface area contributed by atoms with Crippen LogP contribution in [0.4, 0.5) is 0 Å². The van der Waals surface area contributed by atoms with Gasteiger partial charge in [-0.05, 0) is 55.1 Å². The number of carbonyl (C=O) groups excluding carboxylic acids is 12. The number of imide groups is 1. The van der Waals surface area contributed by atoms with Crippen molar-refractivity contribution in [2.24, 2.45) is 29.6 Å². The number of methoxy groups -OCH3 is 2. The van der Waals surface area contributed by atoms with Crippen LogP contribution in [-0.4, -0.2) is 256 Å². The van der Waals surface area contributed by atoms with Crippen LogP contribution in [0.25, 0.3) is 0 Å². The van der Waals surface area contributed by atoms with E-state index in [2.05, 4.69) is 31.9 Å². The number of carbonyl (C=O) groups is 12. The van der Waals surface area contributed by atoms with Crippen LogP contribution in [0.2, 0.25) is 0 Å². The number of ether oxygens (including phenoxy) is 4. The van der Waals surface area contributed by atoms with Crippen LogP contribution in [0.1, 0.15) is 118 Å². The normalized spacial score (nSPS) is 18.5. The summed E-state index contributed by atoms with van der Waals surface area (Å²) in [4.78, 5) is 169. The van der Waals surface area contributed by atoms with Crippen molar-refractivity contribution in [1.29, 1.82) is 0 Å². The Bertz CT molecular complexity index is 3050. The maximum atomic E-state index is 14.9. The minimum atomic E-state index is -1.23. The minimum absolute atomic E-state index is 0.00227. The zero-order valence-corrected chi connectivity index (χ0v) is 60.4. The number of rotatable bonds is 38. The van der Waals surface area contributed by atoms with Gasteiger partial charge in [-0.2, -0.15) is 0 Å². The molecule has 2 saturated heterocycles. The summed E-state index contributed by atoms with van der Waals surface area (Å²) in [7, 11) is 6.03. The van der Waals surface area contributed by atoms with Gasteiger partial charge in [0, 0.05) is 92.5 Å². The molecule has 0 aromatic heterocycles. The van der Waals surface area contributed by atoms with Gasteiger partial charge in [0.25, 0.3) is 11.8 Å². The topological polar surface area (TPSA) is 350 Å². The maximum absolute atomic E-state index is 14.9. The monoisotopic (exact) mass is 1400 g/mol. The highest BCUT2D eigenvalue weighted by molar-refractivity contribution is 6.12. The smallest absolute Gasteiger partial charge is 0.253 e. The zero-order valence-electron chi connectivity index (χ0n) is 60.4. The van der Waals surface area contributed by atoms with E-state index in [1.165, 1.54) is 43.2 Å². The predicted molar refractivity (Wildman–Crippen MR) is 371 cm³/mol. The van der Waals surface area contributed by atoms with Crippen molar-refractivity contribution in [2.75, 3.05) is 107 Å². The number of aliphatic hydroxyl groups excluding tert-OH is 1. The number of amides is 11. The summed E-state index contributed by atoms with van der Waals surface area (Å²) in [5.74, 6) is -8.11. The molecular formula is C72H109N11O17. The van der Waals surface area contributed by atoms with Gasteiger partial charge in [-0.3, -0.25) is 67.3 Å². The Labute approximate surface area is 588 Å². The van der Waals surface area contributed by atoms with Crippen molar-refractivity contribution in [3.05, 3.63) is 83.9 Å². The van der Waals surface area contributed by atoms with Crippen LogP contribution in [0.3, 0.4) is 0 Å². The van der Waals surface area contributed by atoms with E-state index in [1.807, 2.05) is 36.9 Å². The number of nitrogens with one attached hydrogen (secondary N) is 6. The minimum Gasteiger partial charge on any atom is -0.386 e. The Morgan fingerprint density at radius 3 is 1.87 bits per heavy atom. The highest BCUT2D eigenvalue weighted by Gasteiger charge is 2.44. The van der Waals surface area contributed by atoms with Crippen molar-refractivity contribution in [1.82, 2.24) is 56.4 Å². The Hall–Kier alpha value is -8.02. The van der Waals surface area contributed by atoms with E-state index in [0.717, 1.165) is 4.90 Å². The maximum Gasteiger partial charge on any atom is 0.253 e. The fourth-order valence-electron chi connectivity index (χ4n) is 12.9. The van der Waals surface area contributed by atoms with Gasteiger partial charge in [0.05, 0.1) is 101 Å². The highest BCUT2D eigenvalue weighted by Crippen LogP contribution is 2.30. The fraction of sp³-hybridized carbons (Fsp3) is 0.639. The Morgan fingerprint density at radius 2 is 1.28 bits per heavy atom. The van der Waals surface area contributed by atoms with Gasteiger partial charge in [-0.1, -0.05) is 116 Å². The summed E-state index contributed by atoms with van der Waals surface area (Å²) < 4.78 is 23.6. The molecule has 2 aromatic carbocycles. The highest BCUT2D eigenvalue weighted by atomic mass is 16.5. The molecule has 3 heterocycles. The number of aliphatic hydroxyl groups is 1. The van der Waals surface area contributed by atoms with Gasteiger partial charge in [0.15, 0.2) is 0 Å². The molecule has 0 spiro atoms. The van der Waals surface area contributed by atoms with Crippen molar-refractivity contribution in [3.8, 4) is 0 Å². The number of benzene rings is 2. The lowest BCUT2D eigenvalue weighted by molar-refractivity contribution is -0.148. The molecule has 7 N–H and O–H groups in total. The fourth-order valence-corrected chi connectivity index (χ4v) is 12.9. The Kier molecular flexibility index (Phi) is 34.4. The first-order valence-corrected chi connectivity index (χ1v) is 34.9. The third-order valence-corrected chi connectivity index (χ3v) is 19.0. The zero-order chi connectivity index (χ0) is 73.8. The lowest BCUT2D eigenvalue weighted by Crippen LogP contribution is -2.61. The number of ketones is 1. The van der Waals surface area contributed by atoms with Crippen molar-refractivity contribution in [2.45, 2.75) is 161 Å². The van der Waals surface area contributed by atoms with Gasteiger partial charge in [-0.15, -0.1) is 0 Å². The first-order valence-electron chi connectivity index (χ1n) is 34.9. The molecule has 100 heavy (non-hydrogen) atoms. The molecule has 0 radical (unpaired) electrons. The van der Waals surface area contributed by atoms with Gasteiger partial charge in [0.1, 0.15) is 23.9 Å². The van der Waals surface area contributed by atoms with Crippen molar-refractivity contribution in [3.63, 3.8) is 0 Å². The van der Waals surface area contributed by atoms with Crippen LogP contribution in [0.5, 0.6) is 0 Å². The van der Waals surface area contributed by atoms with Crippen LogP contribution in [-0.2, 0) is 82.9 Å². The number of hydrogen-bond acceptors (Lipinski definition) is 18. The quantitative estimate of drug-likeness (QED) is 0.0468. The van der Waals surface area contributed by atoms with Crippen LogP contribution < -0.4 is 31.9 Å². The first-order chi connectivity index (χ1) is 47.6. The standard InChI is InChI=1S/C72H109N11O17/c1-13-47(6)66(56(97-11)39-62(90)82-31-20-26-54(82)68(98-12)48(7)69(93)76-49(8)67(92)51-24-18-15-19-25-51)80(10)72(96)64(45(2)3)78-71(95)65(46(4)5)79(9)63(91)42-75-70(94)53(38-50-22-16-14-17-23-50)77-59(87)41-74-58(86)40-73-57(85)30-33-81-34-36-99-43-52(44-100-37-35-81)55(84)27-21-32-83-60(88)28-29-61(83)89/h14-19,22-25,28-29,45-49,52-54,56,64-68,92H,13,20-21,26-27,30-44H2,1-12H3,(H,73,85)(H,74,86)(H,75,94)(H,76,93)(H,77,87)(H,78,95)/t47-,48+,49+,53-,54+,56+,64-,65-,66-,67+,68+/m0/s1. The Balaban J connectivity index is 1.11. The number of nitrogens with zero attached hydrogens (tertiary/aromatic N) is 5. The molecule has 28 heteroatoms. The number of likely N-dealkylation sites (N-methyl/N-ethyl adjacent to an activating group) is 2. The van der Waals surface area contributed by atoms with E-state index in [4.69, 9.17) is 18.9 Å². The molecule has 2 aromatic rings. The molecule has 28 nitrogen and oxygen atoms in total. The molecule has 3 aliphatic rings. The first kappa shape index (κ1) is 82.6. The lowest BCUT2D eigenvalue weighted by Gasteiger charge is -2.41. The number of likely N-dealkylation sites (tertiary alicyclic amines) is 1. The second-order valence-electron chi connectivity index (χ2n) is 26.9. The molecule has 0 aliphatic carbocycles. The van der Waals surface area contributed by atoms with E-state index in [0.29, 0.717) is 63.0 Å². The second kappa shape index (κ2) is 41.7. The van der Waals surface area contributed by atoms with Crippen LogP contribution in [0.15, 0.2) is 72.8 Å². The average molecular weight is 1400 g/mol. The summed E-state index contributed by atoms with van der Waals surface area (Å²) >= 11 is 0. The second-order valence-corrected chi connectivity index (χ2v) is 26.9. The molecule has 3 aliphatic heterocycles. The Morgan fingerprint density at radius 1 is 0.670 bits per heavy atom. The number of hydrogen-bond donors (Lipinski definition) is 7. The molecule has 2 fully saturated rings. The average Bonchev–Trinajstić information content (AvgIpc) is 1.39. The number of Topliss-reactive ketones (excluding diaryl/α,β-unsaturated/α-hetero) is 1. The third-order valence-electron chi connectivity index (χ3n) is 19.0. The van der Waals surface area contributed by atoms with Gasteiger partial charge in [0.2, 0.25) is 53.2 Å². The summed E-state index contributed by atoms with van der Waals surface area (Å²) in [6, 6.07) is 12.7. The van der Waals surface area contributed by atoms with Crippen LogP contribution >= 0.6 is 0 Å². The van der Waals surface area contributed by atoms with E-state index < -0.39 is 151 Å². The molecule has 0 bridgehead atoms. The van der Waals surface area contributed by atoms with Gasteiger partial charge < -0.3 is 70.7 Å². The summed E-state index contributed by atoms with van der Waals surface area (Å²) in [6.45, 7) is 15.4. The summed E-state index contributed by atoms with van der Waals surface area (Å²) in [5.41, 5.74) is 1.33. The van der Waals surface area contributed by atoms with E-state index in [1.54, 1.807) is 96.0 Å². The predicted octanol–water partition coefficient (Wildman–Crippen LogP) is 1.47. The molecule has 11 atom stereocenters. The largest absolute Gasteiger partial charge is 0.386 e. The molecule has 554 valence electrons. The molecule has 0 saturated carbocycles. The summed E-state index contributed by atoms with van der Waals surface area (Å²) in [6.07, 6.45) is 2.24. The van der Waals surface area contributed by atoms with Gasteiger partial charge in [-0.25, -0.2) is 0 Å². The summed E-state index contributed by atoms with van der Waals surface area (Å²) in [5, 5.41) is 27.1. The molecule has 5 rings (SSSR count). The SMILES string of the molecule is CC[C@H](C)[C@@H]([C@@H](CC(=O)N1CCC[C@@H]1[C@H](OC)[C@@H](C)C(=O)N[C@H](C)[C@@H](O)c1ccccc1)OC)N(C)C(=O)[C@@H](NC(=O)[C@H](C(C)C)N(C)C(=O)CNC(=O)[C@H](Cc1ccccc1)NC(=O)CNC(=O)CNC(=O)CCN1CCOCC(C(=O)CCCN2C(=O)C=CC2=O)COCC1)C(C)C. The molecule has 0 unspecified atom stereocenters. The van der Waals surface area contributed by atoms with Crippen molar-refractivity contribution < 1.29 is 81.6 Å². The van der Waals surface area contributed by atoms with Crippen molar-refractivity contribution >= 4 is 70.8 Å². The van der Waals surface area contributed by atoms with E-state index in [-0.39, 0.29) is 82.2 Å². The molecule has 11 amide bonds. The van der Waals surface area contributed by atoms with Gasteiger partial charge >= 0.3 is 0 Å². The third kappa shape index (κ3) is 24.9. The lowest BCUT2D eigenvalue weighted by atomic mass is 9.89. The molecular weight excluding hydrogens is 1290 g/mol. The van der Waals surface area contributed by atoms with E-state index >= 15 is 0 Å². The van der Waals surface area contributed by atoms with Crippen LogP contribution in [0, 0.1) is 29.6 Å².